The summed E-state index contributed by atoms with van der Waals surface area (Å²) in [6, 6.07) is 2.59. The predicted octanol–water partition coefficient (Wildman–Crippen LogP) is 3.78. The highest BCUT2D eigenvalue weighted by Gasteiger charge is 2.31. The Morgan fingerprint density at radius 3 is 2.67 bits per heavy atom. The van der Waals surface area contributed by atoms with Crippen molar-refractivity contribution in [3.05, 3.63) is 45.4 Å². The second-order valence-electron chi connectivity index (χ2n) is 4.30. The van der Waals surface area contributed by atoms with Gasteiger partial charge in [-0.15, -0.1) is 11.3 Å². The monoisotopic (exact) mass is 316 g/mol. The summed E-state index contributed by atoms with van der Waals surface area (Å²) in [5.74, 6) is -1.42. The number of nitrogens with zero attached hydrogens (tertiary/aromatic N) is 1. The number of halogens is 3. The molecule has 0 radical (unpaired) electrons. The highest BCUT2D eigenvalue weighted by Crippen LogP contribution is 2.32. The smallest absolute Gasteiger partial charge is 0.416 e. The van der Waals surface area contributed by atoms with E-state index in [9.17, 15) is 18.0 Å². The number of aryl methyl sites for hydroxylation is 1. The fourth-order valence-corrected chi connectivity index (χ4v) is 2.42. The van der Waals surface area contributed by atoms with Gasteiger partial charge in [0.05, 0.1) is 17.7 Å². The van der Waals surface area contributed by atoms with Crippen molar-refractivity contribution in [2.45, 2.75) is 19.6 Å². The SMILES string of the molecule is Cc1csc(CNc2ccc(C(F)(F)F)cc2C(=O)O)n1. The minimum Gasteiger partial charge on any atom is -0.478 e. The minimum atomic E-state index is -4.57. The van der Waals surface area contributed by atoms with E-state index in [-0.39, 0.29) is 12.2 Å². The van der Waals surface area contributed by atoms with Crippen molar-refractivity contribution in [2.24, 2.45) is 0 Å². The van der Waals surface area contributed by atoms with Crippen LogP contribution in [0, 0.1) is 6.92 Å². The van der Waals surface area contributed by atoms with E-state index in [1.165, 1.54) is 11.3 Å². The molecular weight excluding hydrogens is 305 g/mol. The average Bonchev–Trinajstić information content (AvgIpc) is 2.80. The zero-order valence-corrected chi connectivity index (χ0v) is 11.7. The van der Waals surface area contributed by atoms with E-state index in [1.807, 2.05) is 12.3 Å². The summed E-state index contributed by atoms with van der Waals surface area (Å²) in [7, 11) is 0. The maximum Gasteiger partial charge on any atom is 0.416 e. The Bertz CT molecular complexity index is 668. The number of carbonyl (C=O) groups is 1. The zero-order valence-electron chi connectivity index (χ0n) is 10.9. The molecule has 0 amide bonds. The van der Waals surface area contributed by atoms with Gasteiger partial charge in [-0.2, -0.15) is 13.2 Å². The molecule has 0 aliphatic heterocycles. The predicted molar refractivity (Wildman–Crippen MR) is 72.6 cm³/mol. The van der Waals surface area contributed by atoms with Crippen LogP contribution in [-0.2, 0) is 12.7 Å². The first kappa shape index (κ1) is 15.3. The topological polar surface area (TPSA) is 62.2 Å². The van der Waals surface area contributed by atoms with Crippen molar-refractivity contribution in [3.63, 3.8) is 0 Å². The first-order valence-electron chi connectivity index (χ1n) is 5.87. The van der Waals surface area contributed by atoms with E-state index >= 15 is 0 Å². The fourth-order valence-electron chi connectivity index (χ4n) is 1.71. The van der Waals surface area contributed by atoms with Gasteiger partial charge in [-0.05, 0) is 25.1 Å². The molecule has 0 spiro atoms. The number of aromatic carboxylic acids is 1. The van der Waals surface area contributed by atoms with Gasteiger partial charge < -0.3 is 10.4 Å². The van der Waals surface area contributed by atoms with E-state index in [2.05, 4.69) is 10.3 Å². The maximum absolute atomic E-state index is 12.6. The third-order valence-electron chi connectivity index (χ3n) is 2.67. The molecule has 1 aromatic heterocycles. The van der Waals surface area contributed by atoms with Gasteiger partial charge in [0.15, 0.2) is 0 Å². The lowest BCUT2D eigenvalue weighted by Gasteiger charge is -2.12. The molecule has 0 bridgehead atoms. The maximum atomic E-state index is 12.6. The Morgan fingerprint density at radius 1 is 1.43 bits per heavy atom. The van der Waals surface area contributed by atoms with Crippen LogP contribution in [-0.4, -0.2) is 16.1 Å². The number of carboxylic acid groups (broad SMARTS) is 1. The number of carboxylic acids is 1. The lowest BCUT2D eigenvalue weighted by Crippen LogP contribution is -2.11. The van der Waals surface area contributed by atoms with Crippen LogP contribution in [0.4, 0.5) is 18.9 Å². The third kappa shape index (κ3) is 3.72. The van der Waals surface area contributed by atoms with Gasteiger partial charge in [-0.3, -0.25) is 0 Å². The number of benzene rings is 1. The van der Waals surface area contributed by atoms with Gasteiger partial charge >= 0.3 is 12.1 Å². The molecule has 2 N–H and O–H groups in total. The van der Waals surface area contributed by atoms with E-state index in [4.69, 9.17) is 5.11 Å². The van der Waals surface area contributed by atoms with Crippen LogP contribution in [0.3, 0.4) is 0 Å². The number of alkyl halides is 3. The Morgan fingerprint density at radius 2 is 2.14 bits per heavy atom. The summed E-state index contributed by atoms with van der Waals surface area (Å²) in [6.07, 6.45) is -4.57. The number of anilines is 1. The molecule has 2 rings (SSSR count). The van der Waals surface area contributed by atoms with Crippen molar-refractivity contribution in [2.75, 3.05) is 5.32 Å². The molecule has 0 atom stereocenters. The van der Waals surface area contributed by atoms with E-state index in [1.54, 1.807) is 0 Å². The second kappa shape index (κ2) is 5.72. The standard InChI is InChI=1S/C13H11F3N2O2S/c1-7-6-21-11(18-7)5-17-10-3-2-8(13(14,15)16)4-9(10)12(19)20/h2-4,6,17H,5H2,1H3,(H,19,20). The molecular formula is C13H11F3N2O2S. The first-order chi connectivity index (χ1) is 9.77. The Balaban J connectivity index is 2.24. The van der Waals surface area contributed by atoms with Crippen LogP contribution in [0.5, 0.6) is 0 Å². The van der Waals surface area contributed by atoms with Gasteiger partial charge in [0.1, 0.15) is 5.01 Å². The van der Waals surface area contributed by atoms with Gasteiger partial charge in [0, 0.05) is 16.8 Å². The lowest BCUT2D eigenvalue weighted by atomic mass is 10.1. The van der Waals surface area contributed by atoms with E-state index in [0.29, 0.717) is 6.07 Å². The van der Waals surface area contributed by atoms with Gasteiger partial charge in [0.25, 0.3) is 0 Å². The van der Waals surface area contributed by atoms with E-state index < -0.39 is 23.3 Å². The average molecular weight is 316 g/mol. The van der Waals surface area contributed by atoms with Crippen molar-refractivity contribution in [1.82, 2.24) is 4.98 Å². The number of rotatable bonds is 4. The third-order valence-corrected chi connectivity index (χ3v) is 3.64. The first-order valence-corrected chi connectivity index (χ1v) is 6.75. The molecule has 21 heavy (non-hydrogen) atoms. The van der Waals surface area contributed by atoms with Crippen LogP contribution in [0.25, 0.3) is 0 Å². The van der Waals surface area contributed by atoms with Crippen molar-refractivity contribution in [3.8, 4) is 0 Å². The molecule has 4 nitrogen and oxygen atoms in total. The molecule has 1 aromatic carbocycles. The van der Waals surface area contributed by atoms with Crippen molar-refractivity contribution < 1.29 is 23.1 Å². The molecule has 0 saturated carbocycles. The Labute approximate surface area is 122 Å². The summed E-state index contributed by atoms with van der Waals surface area (Å²) in [6.45, 7) is 2.07. The Kier molecular flexibility index (Phi) is 4.17. The van der Waals surface area contributed by atoms with Gasteiger partial charge in [-0.25, -0.2) is 9.78 Å². The summed E-state index contributed by atoms with van der Waals surface area (Å²) in [5.41, 5.74) is -0.445. The van der Waals surface area contributed by atoms with Crippen LogP contribution >= 0.6 is 11.3 Å². The summed E-state index contributed by atoms with van der Waals surface area (Å²) < 4.78 is 37.8. The van der Waals surface area contributed by atoms with Gasteiger partial charge in [0.2, 0.25) is 0 Å². The molecule has 0 unspecified atom stereocenters. The van der Waals surface area contributed by atoms with Crippen LogP contribution in [0.15, 0.2) is 23.6 Å². The number of aromatic nitrogens is 1. The van der Waals surface area contributed by atoms with Crippen LogP contribution in [0.2, 0.25) is 0 Å². The summed E-state index contributed by atoms with van der Waals surface area (Å²) >= 11 is 1.39. The number of nitrogens with one attached hydrogen (secondary N) is 1. The molecule has 0 fully saturated rings. The zero-order chi connectivity index (χ0) is 15.6. The Hall–Kier alpha value is -2.09. The highest BCUT2D eigenvalue weighted by atomic mass is 32.1. The summed E-state index contributed by atoms with van der Waals surface area (Å²) in [5, 5.41) is 14.4. The van der Waals surface area contributed by atoms with Gasteiger partial charge in [-0.1, -0.05) is 0 Å². The van der Waals surface area contributed by atoms with Crippen LogP contribution in [0.1, 0.15) is 26.6 Å². The molecule has 0 aliphatic rings. The summed E-state index contributed by atoms with van der Waals surface area (Å²) in [4.78, 5) is 15.3. The number of thiazole rings is 1. The second-order valence-corrected chi connectivity index (χ2v) is 5.24. The minimum absolute atomic E-state index is 0.128. The molecule has 2 aromatic rings. The number of hydrogen-bond donors (Lipinski definition) is 2. The quantitative estimate of drug-likeness (QED) is 0.901. The van der Waals surface area contributed by atoms with Crippen LogP contribution < -0.4 is 5.32 Å². The highest BCUT2D eigenvalue weighted by molar-refractivity contribution is 7.09. The molecule has 0 aliphatic carbocycles. The molecule has 112 valence electrons. The van der Waals surface area contributed by atoms with Crippen molar-refractivity contribution in [1.29, 1.82) is 0 Å². The van der Waals surface area contributed by atoms with Crippen molar-refractivity contribution >= 4 is 23.0 Å². The normalized spacial score (nSPS) is 11.4. The lowest BCUT2D eigenvalue weighted by molar-refractivity contribution is -0.137. The molecule has 8 heteroatoms. The van der Waals surface area contributed by atoms with E-state index in [0.717, 1.165) is 22.8 Å². The molecule has 1 heterocycles. The fraction of sp³-hybridized carbons (Fsp3) is 0.231. The largest absolute Gasteiger partial charge is 0.478 e. The molecule has 0 saturated heterocycles. The number of hydrogen-bond acceptors (Lipinski definition) is 4.